The van der Waals surface area contributed by atoms with Crippen LogP contribution >= 0.6 is 11.6 Å². The number of hydrogen-bond acceptors (Lipinski definition) is 5. The summed E-state index contributed by atoms with van der Waals surface area (Å²) < 4.78 is 70.6. The van der Waals surface area contributed by atoms with Crippen LogP contribution in [0.5, 0.6) is 0 Å². The van der Waals surface area contributed by atoms with Crippen molar-refractivity contribution in [3.63, 3.8) is 0 Å². The molecule has 3 aliphatic rings. The molecule has 1 N–H and O–H groups in total. The molecule has 0 bridgehead atoms. The Kier molecular flexibility index (Phi) is 5.53. The monoisotopic (exact) mass is 500 g/mol. The van der Waals surface area contributed by atoms with Gasteiger partial charge in [-0.1, -0.05) is 17.7 Å². The molecule has 0 unspecified atom stereocenters. The van der Waals surface area contributed by atoms with E-state index < -0.39 is 43.3 Å². The summed E-state index contributed by atoms with van der Waals surface area (Å²) in [6, 6.07) is 4.39. The highest BCUT2D eigenvalue weighted by Gasteiger charge is 2.55. The molecule has 1 aromatic heterocycles. The molecule has 178 valence electrons. The van der Waals surface area contributed by atoms with Gasteiger partial charge in [-0.3, -0.25) is 4.72 Å². The Hall–Kier alpha value is -2.04. The first-order valence-corrected chi connectivity index (χ1v) is 12.7. The van der Waals surface area contributed by atoms with Gasteiger partial charge in [0.15, 0.2) is 10.7 Å². The molecule has 2 aromatic rings. The fourth-order valence-corrected chi connectivity index (χ4v) is 7.23. The third-order valence-electron chi connectivity index (χ3n) is 7.45. The lowest BCUT2D eigenvalue weighted by Gasteiger charge is -2.55. The highest BCUT2D eigenvalue weighted by Crippen LogP contribution is 2.58. The van der Waals surface area contributed by atoms with Crippen LogP contribution in [0, 0.1) is 34.8 Å². The normalized spacial score (nSPS) is 25.8. The number of anilines is 2. The van der Waals surface area contributed by atoms with Crippen molar-refractivity contribution in [1.29, 1.82) is 0 Å². The first-order chi connectivity index (χ1) is 15.6. The van der Waals surface area contributed by atoms with E-state index >= 15 is 4.39 Å². The first kappa shape index (κ1) is 22.7. The molecule has 2 saturated heterocycles. The maximum atomic E-state index is 15.1. The van der Waals surface area contributed by atoms with Crippen LogP contribution in [0.2, 0.25) is 5.02 Å². The number of hydrogen-bond donors (Lipinski definition) is 1. The van der Waals surface area contributed by atoms with E-state index in [1.54, 1.807) is 0 Å². The van der Waals surface area contributed by atoms with Crippen molar-refractivity contribution in [3.8, 4) is 0 Å². The van der Waals surface area contributed by atoms with Crippen molar-refractivity contribution < 1.29 is 21.6 Å². The summed E-state index contributed by atoms with van der Waals surface area (Å²) in [7, 11) is -2.63. The highest BCUT2D eigenvalue weighted by atomic mass is 35.5. The number of nitrogens with zero attached hydrogens (tertiary/aromatic N) is 3. The van der Waals surface area contributed by atoms with E-state index in [9.17, 15) is 17.2 Å². The minimum atomic E-state index is -4.73. The maximum absolute atomic E-state index is 15.1. The minimum Gasteiger partial charge on any atom is -0.370 e. The molecule has 2 atom stereocenters. The lowest BCUT2D eigenvalue weighted by Crippen LogP contribution is -2.56. The molecule has 1 aliphatic carbocycles. The summed E-state index contributed by atoms with van der Waals surface area (Å²) in [5, 5.41) is -0.444. The number of likely N-dealkylation sites (tertiary alicyclic amines) is 1. The van der Waals surface area contributed by atoms with Crippen molar-refractivity contribution in [2.45, 2.75) is 24.2 Å². The fourth-order valence-electron chi connectivity index (χ4n) is 5.76. The van der Waals surface area contributed by atoms with Gasteiger partial charge in [0.25, 0.3) is 10.0 Å². The molecule has 3 fully saturated rings. The zero-order valence-corrected chi connectivity index (χ0v) is 19.6. The van der Waals surface area contributed by atoms with Crippen LogP contribution in [0.15, 0.2) is 29.2 Å². The first-order valence-electron chi connectivity index (χ1n) is 10.9. The molecule has 1 spiro atoms. The average molecular weight is 501 g/mol. The van der Waals surface area contributed by atoms with Gasteiger partial charge in [0.05, 0.1) is 5.69 Å². The number of pyridine rings is 1. The quantitative estimate of drug-likeness (QED) is 0.494. The van der Waals surface area contributed by atoms with Gasteiger partial charge in [-0.15, -0.1) is 0 Å². The van der Waals surface area contributed by atoms with Gasteiger partial charge in [0, 0.05) is 32.2 Å². The minimum absolute atomic E-state index is 0.123. The number of benzene rings is 1. The summed E-state index contributed by atoms with van der Waals surface area (Å²) in [4.78, 5) is 6.31. The lowest BCUT2D eigenvalue weighted by atomic mass is 9.54. The fraction of sp³-hybridized carbons (Fsp3) is 0.500. The second-order valence-electron chi connectivity index (χ2n) is 9.45. The Morgan fingerprint density at radius 1 is 1.21 bits per heavy atom. The molecule has 33 heavy (non-hydrogen) atoms. The van der Waals surface area contributed by atoms with E-state index in [-0.39, 0.29) is 11.1 Å². The van der Waals surface area contributed by atoms with Crippen molar-refractivity contribution in [1.82, 2.24) is 9.88 Å². The maximum Gasteiger partial charge on any atom is 0.268 e. The molecule has 0 amide bonds. The van der Waals surface area contributed by atoms with Crippen LogP contribution in [0.3, 0.4) is 0 Å². The number of nitrogens with one attached hydrogen (secondary N) is 1. The number of rotatable bonds is 5. The van der Waals surface area contributed by atoms with E-state index in [2.05, 4.69) is 16.9 Å². The molecule has 2 aliphatic heterocycles. The Balaban J connectivity index is 1.40. The zero-order chi connectivity index (χ0) is 23.5. The predicted octanol–water partition coefficient (Wildman–Crippen LogP) is 4.12. The number of aromatic nitrogens is 1. The SMILES string of the molecule is CN1CC([C@@H]2CC[C@@]23CCN(c2cc(F)c(S(=O)(=O)Nc4cccc(F)n4)c(F)c2Cl)C3)C1. The van der Waals surface area contributed by atoms with Gasteiger partial charge in [0.1, 0.15) is 16.7 Å². The third kappa shape index (κ3) is 3.85. The second kappa shape index (κ2) is 8.02. The summed E-state index contributed by atoms with van der Waals surface area (Å²) in [6.07, 6.45) is 3.16. The summed E-state index contributed by atoms with van der Waals surface area (Å²) in [6.45, 7) is 3.41. The Morgan fingerprint density at radius 2 is 1.97 bits per heavy atom. The van der Waals surface area contributed by atoms with Gasteiger partial charge in [0.2, 0.25) is 5.95 Å². The lowest BCUT2D eigenvalue weighted by molar-refractivity contribution is -0.0535. The average Bonchev–Trinajstić information content (AvgIpc) is 3.16. The van der Waals surface area contributed by atoms with Gasteiger partial charge >= 0.3 is 0 Å². The topological polar surface area (TPSA) is 65.5 Å². The van der Waals surface area contributed by atoms with E-state index in [0.717, 1.165) is 38.1 Å². The molecule has 6 nitrogen and oxygen atoms in total. The van der Waals surface area contributed by atoms with E-state index in [4.69, 9.17) is 11.6 Å². The van der Waals surface area contributed by atoms with Crippen molar-refractivity contribution in [3.05, 3.63) is 46.9 Å². The number of halogens is 4. The van der Waals surface area contributed by atoms with Crippen LogP contribution in [0.1, 0.15) is 19.3 Å². The molecule has 1 aromatic carbocycles. The van der Waals surface area contributed by atoms with Crippen molar-refractivity contribution in [2.75, 3.05) is 42.8 Å². The molecule has 0 radical (unpaired) electrons. The van der Waals surface area contributed by atoms with Crippen molar-refractivity contribution >= 4 is 33.1 Å². The number of sulfonamides is 1. The van der Waals surface area contributed by atoms with E-state index in [0.29, 0.717) is 24.9 Å². The standard InChI is InChI=1S/C22H24ClF3N4O2S/c1-29-10-13(11-29)14-5-6-22(14)7-8-30(12-22)16-9-15(24)21(20(26)19(16)23)33(31,32)28-18-4-2-3-17(25)27-18/h2-4,9,13-14H,5-8,10-12H2,1H3,(H,27,28)/t14-,22-/m0/s1. The predicted molar refractivity (Wildman–Crippen MR) is 119 cm³/mol. The highest BCUT2D eigenvalue weighted by molar-refractivity contribution is 7.92. The van der Waals surface area contributed by atoms with Crippen LogP contribution in [-0.2, 0) is 10.0 Å². The molecular weight excluding hydrogens is 477 g/mol. The molecule has 1 saturated carbocycles. The van der Waals surface area contributed by atoms with Gasteiger partial charge in [-0.25, -0.2) is 22.2 Å². The van der Waals surface area contributed by atoms with Crippen LogP contribution in [-0.4, -0.2) is 51.5 Å². The third-order valence-corrected chi connectivity index (χ3v) is 9.20. The van der Waals surface area contributed by atoms with Gasteiger partial charge < -0.3 is 9.80 Å². The van der Waals surface area contributed by atoms with Crippen LogP contribution < -0.4 is 9.62 Å². The summed E-state index contributed by atoms with van der Waals surface area (Å²) >= 11 is 6.24. The molecule has 5 rings (SSSR count). The van der Waals surface area contributed by atoms with E-state index in [1.165, 1.54) is 18.6 Å². The Labute approximate surface area is 195 Å². The Morgan fingerprint density at radius 3 is 2.61 bits per heavy atom. The van der Waals surface area contributed by atoms with E-state index in [1.807, 2.05) is 9.62 Å². The van der Waals surface area contributed by atoms with Crippen LogP contribution in [0.25, 0.3) is 0 Å². The molecule has 3 heterocycles. The largest absolute Gasteiger partial charge is 0.370 e. The van der Waals surface area contributed by atoms with Crippen molar-refractivity contribution in [2.24, 2.45) is 17.3 Å². The van der Waals surface area contributed by atoms with Gasteiger partial charge in [-0.05, 0) is 55.7 Å². The summed E-state index contributed by atoms with van der Waals surface area (Å²) in [5.74, 6) is -2.72. The molecule has 11 heteroatoms. The smallest absolute Gasteiger partial charge is 0.268 e. The zero-order valence-electron chi connectivity index (χ0n) is 18.0. The second-order valence-corrected chi connectivity index (χ2v) is 11.4. The molecular formula is C22H24ClF3N4O2S. The van der Waals surface area contributed by atoms with Gasteiger partial charge in [-0.2, -0.15) is 4.39 Å². The van der Waals surface area contributed by atoms with Crippen LogP contribution in [0.4, 0.5) is 24.7 Å². The summed E-state index contributed by atoms with van der Waals surface area (Å²) in [5.41, 5.74) is 0.278. The Bertz CT molecular complexity index is 1210.